The molecule has 0 aromatic carbocycles. The van der Waals surface area contributed by atoms with Gasteiger partial charge < -0.3 is 5.32 Å². The highest BCUT2D eigenvalue weighted by Crippen LogP contribution is 2.05. The zero-order chi connectivity index (χ0) is 9.78. The molecule has 0 aliphatic heterocycles. The van der Waals surface area contributed by atoms with E-state index in [0.29, 0.717) is 0 Å². The predicted molar refractivity (Wildman–Crippen MR) is 64.7 cm³/mol. The molecule has 2 heteroatoms. The fraction of sp³-hybridized carbons (Fsp3) is 1.00. The van der Waals surface area contributed by atoms with Crippen LogP contribution in [0.1, 0.15) is 51.9 Å². The summed E-state index contributed by atoms with van der Waals surface area (Å²) in [5.41, 5.74) is 0. The average Bonchev–Trinajstić information content (AvgIpc) is 2.16. The lowest BCUT2D eigenvalue weighted by Crippen LogP contribution is -2.17. The number of hydrogen-bond acceptors (Lipinski definition) is 2. The number of rotatable bonds is 10. The van der Waals surface area contributed by atoms with E-state index in [-0.39, 0.29) is 0 Å². The molecule has 0 aromatic rings. The van der Waals surface area contributed by atoms with E-state index in [1.807, 2.05) is 0 Å². The van der Waals surface area contributed by atoms with Gasteiger partial charge in [0, 0.05) is 12.3 Å². The van der Waals surface area contributed by atoms with Crippen molar-refractivity contribution in [3.8, 4) is 0 Å². The third kappa shape index (κ3) is 12.3. The van der Waals surface area contributed by atoms with E-state index in [1.165, 1.54) is 51.5 Å². The van der Waals surface area contributed by atoms with Crippen LogP contribution in [0.3, 0.4) is 0 Å². The van der Waals surface area contributed by atoms with E-state index in [0.717, 1.165) is 12.3 Å². The minimum Gasteiger partial charge on any atom is -0.316 e. The molecule has 0 heterocycles. The van der Waals surface area contributed by atoms with Crippen molar-refractivity contribution in [1.29, 1.82) is 0 Å². The van der Waals surface area contributed by atoms with Crippen LogP contribution in [-0.2, 0) is 0 Å². The molecule has 0 amide bonds. The van der Waals surface area contributed by atoms with Gasteiger partial charge in [-0.3, -0.25) is 0 Å². The molecule has 0 fully saturated rings. The summed E-state index contributed by atoms with van der Waals surface area (Å²) in [6.07, 6.45) is 9.77. The third-order valence-electron chi connectivity index (χ3n) is 2.25. The van der Waals surface area contributed by atoms with Crippen LogP contribution in [0.2, 0.25) is 0 Å². The molecular weight excluding hydrogens is 178 g/mol. The zero-order valence-electron chi connectivity index (χ0n) is 9.02. The molecule has 80 valence electrons. The standard InChI is InChI=1S/C11H25NS/c1-2-3-4-5-6-7-8-9-12-10-11-13/h12-13H,2-11H2,1H3. The summed E-state index contributed by atoms with van der Waals surface area (Å²) in [4.78, 5) is 0. The maximum atomic E-state index is 4.14. The minimum absolute atomic E-state index is 0.955. The number of hydrogen-bond donors (Lipinski definition) is 2. The summed E-state index contributed by atoms with van der Waals surface area (Å²) in [5, 5.41) is 3.36. The zero-order valence-corrected chi connectivity index (χ0v) is 9.91. The Kier molecular flexibility index (Phi) is 12.6. The summed E-state index contributed by atoms with van der Waals surface area (Å²) in [7, 11) is 0. The van der Waals surface area contributed by atoms with Crippen LogP contribution < -0.4 is 5.32 Å². The molecule has 1 N–H and O–H groups in total. The molecule has 0 saturated heterocycles. The Morgan fingerprint density at radius 1 is 0.846 bits per heavy atom. The van der Waals surface area contributed by atoms with Crippen LogP contribution >= 0.6 is 12.6 Å². The lowest BCUT2D eigenvalue weighted by atomic mass is 10.1. The Balaban J connectivity index is 2.76. The summed E-state index contributed by atoms with van der Waals surface area (Å²) >= 11 is 4.14. The van der Waals surface area contributed by atoms with Gasteiger partial charge in [0.15, 0.2) is 0 Å². The van der Waals surface area contributed by atoms with Gasteiger partial charge in [0.2, 0.25) is 0 Å². The van der Waals surface area contributed by atoms with Gasteiger partial charge in [0.25, 0.3) is 0 Å². The van der Waals surface area contributed by atoms with Gasteiger partial charge in [-0.15, -0.1) is 0 Å². The van der Waals surface area contributed by atoms with Crippen LogP contribution in [0, 0.1) is 0 Å². The highest BCUT2D eigenvalue weighted by atomic mass is 32.1. The van der Waals surface area contributed by atoms with Crippen molar-refractivity contribution in [1.82, 2.24) is 5.32 Å². The van der Waals surface area contributed by atoms with E-state index in [9.17, 15) is 0 Å². The second-order valence-electron chi connectivity index (χ2n) is 3.59. The highest BCUT2D eigenvalue weighted by Gasteiger charge is 1.90. The fourth-order valence-corrected chi connectivity index (χ4v) is 1.57. The van der Waals surface area contributed by atoms with Crippen LogP contribution in [0.15, 0.2) is 0 Å². The number of nitrogens with one attached hydrogen (secondary N) is 1. The molecular formula is C11H25NS. The SMILES string of the molecule is CCCCCCCCCNCCS. The third-order valence-corrected chi connectivity index (χ3v) is 2.47. The maximum absolute atomic E-state index is 4.14. The topological polar surface area (TPSA) is 12.0 Å². The maximum Gasteiger partial charge on any atom is 0.00397 e. The van der Waals surface area contributed by atoms with Crippen molar-refractivity contribution in [2.75, 3.05) is 18.8 Å². The van der Waals surface area contributed by atoms with Gasteiger partial charge in [0.1, 0.15) is 0 Å². The molecule has 0 aromatic heterocycles. The van der Waals surface area contributed by atoms with Gasteiger partial charge in [-0.1, -0.05) is 45.4 Å². The Labute approximate surface area is 89.1 Å². The Hall–Kier alpha value is 0.310. The first-order valence-electron chi connectivity index (χ1n) is 5.73. The molecule has 0 aliphatic rings. The van der Waals surface area contributed by atoms with E-state index in [4.69, 9.17) is 0 Å². The van der Waals surface area contributed by atoms with E-state index >= 15 is 0 Å². The van der Waals surface area contributed by atoms with Crippen LogP contribution in [-0.4, -0.2) is 18.8 Å². The first-order chi connectivity index (χ1) is 6.41. The molecule has 0 spiro atoms. The molecule has 1 nitrogen and oxygen atoms in total. The molecule has 0 rings (SSSR count). The van der Waals surface area contributed by atoms with Crippen molar-refractivity contribution < 1.29 is 0 Å². The monoisotopic (exact) mass is 203 g/mol. The van der Waals surface area contributed by atoms with Gasteiger partial charge in [0.05, 0.1) is 0 Å². The smallest absolute Gasteiger partial charge is 0.00397 e. The van der Waals surface area contributed by atoms with Crippen LogP contribution in [0.5, 0.6) is 0 Å². The normalized spacial score (nSPS) is 10.6. The first kappa shape index (κ1) is 13.3. The van der Waals surface area contributed by atoms with Crippen LogP contribution in [0.25, 0.3) is 0 Å². The molecule has 0 radical (unpaired) electrons. The summed E-state index contributed by atoms with van der Waals surface area (Å²) in [5.74, 6) is 0.955. The van der Waals surface area contributed by atoms with E-state index < -0.39 is 0 Å². The van der Waals surface area contributed by atoms with E-state index in [1.54, 1.807) is 0 Å². The first-order valence-corrected chi connectivity index (χ1v) is 6.36. The summed E-state index contributed by atoms with van der Waals surface area (Å²) in [6, 6.07) is 0. The quantitative estimate of drug-likeness (QED) is 0.410. The van der Waals surface area contributed by atoms with Gasteiger partial charge in [-0.2, -0.15) is 12.6 Å². The Morgan fingerprint density at radius 3 is 2.08 bits per heavy atom. The lowest BCUT2D eigenvalue weighted by molar-refractivity contribution is 0.569. The second kappa shape index (κ2) is 12.3. The number of unbranched alkanes of at least 4 members (excludes halogenated alkanes) is 6. The molecule has 0 atom stereocenters. The van der Waals surface area contributed by atoms with Crippen molar-refractivity contribution in [3.05, 3.63) is 0 Å². The Bertz CT molecular complexity index is 76.2. The largest absolute Gasteiger partial charge is 0.316 e. The molecule has 0 aliphatic carbocycles. The van der Waals surface area contributed by atoms with Gasteiger partial charge >= 0.3 is 0 Å². The fourth-order valence-electron chi connectivity index (χ4n) is 1.41. The summed E-state index contributed by atoms with van der Waals surface area (Å²) < 4.78 is 0. The van der Waals surface area contributed by atoms with Crippen LogP contribution in [0.4, 0.5) is 0 Å². The van der Waals surface area contributed by atoms with Crippen molar-refractivity contribution in [2.24, 2.45) is 0 Å². The number of thiol groups is 1. The van der Waals surface area contributed by atoms with Gasteiger partial charge in [-0.05, 0) is 13.0 Å². The minimum atomic E-state index is 0.955. The Morgan fingerprint density at radius 2 is 1.46 bits per heavy atom. The van der Waals surface area contributed by atoms with E-state index in [2.05, 4.69) is 24.9 Å². The molecule has 0 unspecified atom stereocenters. The molecule has 0 bridgehead atoms. The van der Waals surface area contributed by atoms with Crippen molar-refractivity contribution >= 4 is 12.6 Å². The average molecular weight is 203 g/mol. The lowest BCUT2D eigenvalue weighted by Gasteiger charge is -2.02. The van der Waals surface area contributed by atoms with Gasteiger partial charge in [-0.25, -0.2) is 0 Å². The van der Waals surface area contributed by atoms with Crippen molar-refractivity contribution in [3.63, 3.8) is 0 Å². The predicted octanol–water partition coefficient (Wildman–Crippen LogP) is 3.26. The summed E-state index contributed by atoms with van der Waals surface area (Å²) in [6.45, 7) is 4.49. The highest BCUT2D eigenvalue weighted by molar-refractivity contribution is 7.80. The second-order valence-corrected chi connectivity index (χ2v) is 4.04. The molecule has 0 saturated carbocycles. The van der Waals surface area contributed by atoms with Crippen molar-refractivity contribution in [2.45, 2.75) is 51.9 Å². The molecule has 13 heavy (non-hydrogen) atoms.